The second kappa shape index (κ2) is 9.78. The molecule has 0 radical (unpaired) electrons. The first kappa shape index (κ1) is 17.2. The van der Waals surface area contributed by atoms with Crippen molar-refractivity contribution in [2.75, 3.05) is 53.0 Å². The topological polar surface area (TPSA) is 27.7 Å². The van der Waals surface area contributed by atoms with Gasteiger partial charge in [0.1, 0.15) is 0 Å². The minimum Gasteiger partial charge on any atom is -0.383 e. The second-order valence-electron chi connectivity index (χ2n) is 6.71. The van der Waals surface area contributed by atoms with Gasteiger partial charge in [-0.2, -0.15) is 0 Å². The minimum atomic E-state index is 0.705. The number of ether oxygens (including phenoxy) is 1. The van der Waals surface area contributed by atoms with Crippen molar-refractivity contribution in [3.63, 3.8) is 0 Å². The summed E-state index contributed by atoms with van der Waals surface area (Å²) in [5.74, 6) is 0. The number of methoxy groups -OCH3 is 1. The van der Waals surface area contributed by atoms with E-state index in [1.807, 2.05) is 7.11 Å². The Kier molecular flexibility index (Phi) is 8.01. The largest absolute Gasteiger partial charge is 0.383 e. The molecule has 0 bridgehead atoms. The first-order valence-electron chi connectivity index (χ1n) is 9.02. The molecule has 2 atom stereocenters. The maximum Gasteiger partial charge on any atom is 0.0589 e. The van der Waals surface area contributed by atoms with Gasteiger partial charge < -0.3 is 15.0 Å². The average molecular weight is 297 g/mol. The number of rotatable bonds is 8. The molecule has 4 heteroatoms. The summed E-state index contributed by atoms with van der Waals surface area (Å²) >= 11 is 0. The highest BCUT2D eigenvalue weighted by atomic mass is 16.5. The van der Waals surface area contributed by atoms with Crippen molar-refractivity contribution in [1.29, 1.82) is 0 Å². The molecule has 124 valence electrons. The van der Waals surface area contributed by atoms with Crippen LogP contribution in [0.15, 0.2) is 0 Å². The van der Waals surface area contributed by atoms with Crippen LogP contribution < -0.4 is 5.32 Å². The Hall–Kier alpha value is -0.160. The fraction of sp³-hybridized carbons (Fsp3) is 1.00. The molecule has 2 rings (SSSR count). The Labute approximate surface area is 131 Å². The first-order valence-corrected chi connectivity index (χ1v) is 9.02. The molecule has 2 heterocycles. The van der Waals surface area contributed by atoms with Gasteiger partial charge in [-0.05, 0) is 64.7 Å². The zero-order chi connectivity index (χ0) is 14.9. The average Bonchev–Trinajstić information content (AvgIpc) is 2.89. The quantitative estimate of drug-likeness (QED) is 0.741. The van der Waals surface area contributed by atoms with Gasteiger partial charge >= 0.3 is 0 Å². The van der Waals surface area contributed by atoms with E-state index in [1.165, 1.54) is 71.2 Å². The zero-order valence-corrected chi connectivity index (χ0v) is 14.1. The van der Waals surface area contributed by atoms with Crippen LogP contribution in [0.4, 0.5) is 0 Å². The molecule has 0 saturated carbocycles. The highest BCUT2D eigenvalue weighted by molar-refractivity contribution is 4.83. The van der Waals surface area contributed by atoms with E-state index in [-0.39, 0.29) is 0 Å². The van der Waals surface area contributed by atoms with Crippen LogP contribution in [0.2, 0.25) is 0 Å². The van der Waals surface area contributed by atoms with Gasteiger partial charge in [-0.1, -0.05) is 6.92 Å². The second-order valence-corrected chi connectivity index (χ2v) is 6.71. The summed E-state index contributed by atoms with van der Waals surface area (Å²) in [6.07, 6.45) is 8.01. The lowest BCUT2D eigenvalue weighted by molar-refractivity contribution is 0.105. The van der Waals surface area contributed by atoms with Crippen LogP contribution in [0.25, 0.3) is 0 Å². The zero-order valence-electron chi connectivity index (χ0n) is 14.1. The van der Waals surface area contributed by atoms with Crippen LogP contribution in [-0.2, 0) is 4.74 Å². The lowest BCUT2D eigenvalue weighted by atomic mass is 10.1. The van der Waals surface area contributed by atoms with Gasteiger partial charge in [0, 0.05) is 32.3 Å². The lowest BCUT2D eigenvalue weighted by Crippen LogP contribution is -2.45. The van der Waals surface area contributed by atoms with E-state index in [0.29, 0.717) is 6.04 Å². The first-order chi connectivity index (χ1) is 10.3. The molecule has 0 aliphatic carbocycles. The normalized spacial score (nSPS) is 28.1. The summed E-state index contributed by atoms with van der Waals surface area (Å²) in [5.41, 5.74) is 0. The van der Waals surface area contributed by atoms with Gasteiger partial charge in [-0.3, -0.25) is 4.90 Å². The van der Waals surface area contributed by atoms with Crippen LogP contribution in [0.1, 0.15) is 45.4 Å². The highest BCUT2D eigenvalue weighted by Gasteiger charge is 2.25. The van der Waals surface area contributed by atoms with Gasteiger partial charge in [-0.25, -0.2) is 0 Å². The molecule has 2 aliphatic heterocycles. The van der Waals surface area contributed by atoms with Crippen molar-refractivity contribution in [2.24, 2.45) is 0 Å². The molecule has 21 heavy (non-hydrogen) atoms. The van der Waals surface area contributed by atoms with E-state index in [9.17, 15) is 0 Å². The molecule has 0 aromatic rings. The number of hydrogen-bond donors (Lipinski definition) is 1. The molecule has 0 aromatic carbocycles. The van der Waals surface area contributed by atoms with E-state index in [2.05, 4.69) is 22.0 Å². The molecule has 2 unspecified atom stereocenters. The molecular weight excluding hydrogens is 262 g/mol. The summed E-state index contributed by atoms with van der Waals surface area (Å²) in [4.78, 5) is 5.37. The third kappa shape index (κ3) is 5.85. The van der Waals surface area contributed by atoms with E-state index in [1.54, 1.807) is 0 Å². The van der Waals surface area contributed by atoms with Crippen molar-refractivity contribution < 1.29 is 4.74 Å². The summed E-state index contributed by atoms with van der Waals surface area (Å²) in [6.45, 7) is 10.5. The fourth-order valence-corrected chi connectivity index (χ4v) is 3.87. The minimum absolute atomic E-state index is 0.705. The van der Waals surface area contributed by atoms with E-state index in [0.717, 1.165) is 19.2 Å². The van der Waals surface area contributed by atoms with Gasteiger partial charge in [0.2, 0.25) is 0 Å². The molecular formula is C17H35N3O. The third-order valence-corrected chi connectivity index (χ3v) is 5.05. The SMILES string of the molecule is CCCN1CCCC(N(CCOC)CC2CCCN2)CC1. The molecule has 4 nitrogen and oxygen atoms in total. The van der Waals surface area contributed by atoms with Gasteiger partial charge in [0.25, 0.3) is 0 Å². The van der Waals surface area contributed by atoms with Crippen LogP contribution in [0.5, 0.6) is 0 Å². The Morgan fingerprint density at radius 1 is 1.19 bits per heavy atom. The standard InChI is InChI=1S/C17H35N3O/c1-3-10-19-11-5-7-17(8-12-19)20(13-14-21-2)15-16-6-4-9-18-16/h16-18H,3-15H2,1-2H3. The van der Waals surface area contributed by atoms with E-state index >= 15 is 0 Å². The molecule has 2 saturated heterocycles. The van der Waals surface area contributed by atoms with E-state index < -0.39 is 0 Å². The third-order valence-electron chi connectivity index (χ3n) is 5.05. The maximum absolute atomic E-state index is 5.35. The summed E-state index contributed by atoms with van der Waals surface area (Å²) in [6, 6.07) is 1.46. The predicted molar refractivity (Wildman–Crippen MR) is 88.8 cm³/mol. The maximum atomic E-state index is 5.35. The van der Waals surface area contributed by atoms with Crippen LogP contribution in [-0.4, -0.2) is 74.9 Å². The van der Waals surface area contributed by atoms with Crippen molar-refractivity contribution in [2.45, 2.75) is 57.5 Å². The number of hydrogen-bond acceptors (Lipinski definition) is 4. The number of likely N-dealkylation sites (tertiary alicyclic amines) is 1. The summed E-state index contributed by atoms with van der Waals surface area (Å²) in [7, 11) is 1.82. The van der Waals surface area contributed by atoms with Crippen LogP contribution in [0, 0.1) is 0 Å². The monoisotopic (exact) mass is 297 g/mol. The Morgan fingerprint density at radius 2 is 2.10 bits per heavy atom. The van der Waals surface area contributed by atoms with Gasteiger partial charge in [0.15, 0.2) is 0 Å². The molecule has 0 spiro atoms. The van der Waals surface area contributed by atoms with Crippen molar-refractivity contribution in [1.82, 2.24) is 15.1 Å². The number of nitrogens with zero attached hydrogens (tertiary/aromatic N) is 2. The highest BCUT2D eigenvalue weighted by Crippen LogP contribution is 2.19. The van der Waals surface area contributed by atoms with Crippen LogP contribution in [0.3, 0.4) is 0 Å². The van der Waals surface area contributed by atoms with Crippen molar-refractivity contribution >= 4 is 0 Å². The smallest absolute Gasteiger partial charge is 0.0589 e. The lowest BCUT2D eigenvalue weighted by Gasteiger charge is -2.33. The Bertz CT molecular complexity index is 269. The van der Waals surface area contributed by atoms with Gasteiger partial charge in [-0.15, -0.1) is 0 Å². The summed E-state index contributed by atoms with van der Waals surface area (Å²) < 4.78 is 5.35. The molecule has 0 amide bonds. The molecule has 2 fully saturated rings. The van der Waals surface area contributed by atoms with Crippen molar-refractivity contribution in [3.05, 3.63) is 0 Å². The fourth-order valence-electron chi connectivity index (χ4n) is 3.87. The Balaban J connectivity index is 1.85. The van der Waals surface area contributed by atoms with Crippen LogP contribution >= 0.6 is 0 Å². The van der Waals surface area contributed by atoms with Gasteiger partial charge in [0.05, 0.1) is 6.61 Å². The molecule has 2 aliphatic rings. The van der Waals surface area contributed by atoms with E-state index in [4.69, 9.17) is 4.74 Å². The predicted octanol–water partition coefficient (Wildman–Crippen LogP) is 1.95. The van der Waals surface area contributed by atoms with Crippen molar-refractivity contribution in [3.8, 4) is 0 Å². The molecule has 1 N–H and O–H groups in total. The summed E-state index contributed by atoms with van der Waals surface area (Å²) in [5, 5.41) is 3.65. The molecule has 0 aromatic heterocycles. The Morgan fingerprint density at radius 3 is 2.81 bits per heavy atom. The number of nitrogens with one attached hydrogen (secondary N) is 1.